The highest BCUT2D eigenvalue weighted by atomic mass is 35.5. The first-order valence-corrected chi connectivity index (χ1v) is 10.7. The zero-order valence-corrected chi connectivity index (χ0v) is 18.3. The molecule has 1 atom stereocenters. The molecule has 5 rings (SSSR count). The highest BCUT2D eigenvalue weighted by molar-refractivity contribution is 6.35. The number of H-pyrrole nitrogens is 1. The van der Waals surface area contributed by atoms with Crippen molar-refractivity contribution in [1.29, 1.82) is 0 Å². The third-order valence-electron chi connectivity index (χ3n) is 5.33. The molecule has 0 fully saturated rings. The normalized spacial score (nSPS) is 12.2. The van der Waals surface area contributed by atoms with Gasteiger partial charge in [-0.3, -0.25) is 10.2 Å². The molecule has 3 N–H and O–H groups in total. The first-order chi connectivity index (χ1) is 16.0. The Morgan fingerprint density at radius 1 is 1.15 bits per heavy atom. The Balaban J connectivity index is 1.66. The summed E-state index contributed by atoms with van der Waals surface area (Å²) in [6.07, 6.45) is 3.85. The van der Waals surface area contributed by atoms with Gasteiger partial charge in [-0.15, -0.1) is 0 Å². The van der Waals surface area contributed by atoms with Crippen molar-refractivity contribution in [2.45, 2.75) is 19.4 Å². The van der Waals surface area contributed by atoms with E-state index in [2.05, 4.69) is 25.7 Å². The number of nitrogens with zero attached hydrogens (tertiary/aromatic N) is 4. The minimum atomic E-state index is -0.373. The van der Waals surface area contributed by atoms with E-state index in [1.54, 1.807) is 42.9 Å². The molecule has 8 nitrogen and oxygen atoms in total. The van der Waals surface area contributed by atoms with Gasteiger partial charge in [0.25, 0.3) is 5.56 Å². The summed E-state index contributed by atoms with van der Waals surface area (Å²) in [5, 5.41) is 4.05. The molecule has 0 spiro atoms. The molecule has 0 radical (unpaired) electrons. The van der Waals surface area contributed by atoms with Gasteiger partial charge in [0.1, 0.15) is 11.3 Å². The van der Waals surface area contributed by atoms with Gasteiger partial charge in [-0.1, -0.05) is 24.6 Å². The van der Waals surface area contributed by atoms with Gasteiger partial charge < -0.3 is 10.3 Å². The van der Waals surface area contributed by atoms with Crippen LogP contribution in [0.1, 0.15) is 25.2 Å². The quantitative estimate of drug-likeness (QED) is 0.331. The summed E-state index contributed by atoms with van der Waals surface area (Å²) >= 11 is 6.34. The van der Waals surface area contributed by atoms with Crippen molar-refractivity contribution in [2.75, 3.05) is 10.7 Å². The predicted molar refractivity (Wildman–Crippen MR) is 127 cm³/mol. The maximum atomic E-state index is 13.5. The van der Waals surface area contributed by atoms with Crippen LogP contribution in [-0.4, -0.2) is 24.6 Å². The fourth-order valence-corrected chi connectivity index (χ4v) is 3.96. The van der Waals surface area contributed by atoms with E-state index < -0.39 is 0 Å². The highest BCUT2D eigenvalue weighted by Crippen LogP contribution is 2.27. The Kier molecular flexibility index (Phi) is 5.39. The van der Waals surface area contributed by atoms with Crippen molar-refractivity contribution in [3.63, 3.8) is 0 Å². The molecule has 0 bridgehead atoms. The molecule has 5 aromatic rings. The number of anilines is 2. The van der Waals surface area contributed by atoms with E-state index in [0.717, 1.165) is 11.2 Å². The minimum Gasteiger partial charge on any atom is -0.373 e. The molecule has 0 aliphatic carbocycles. The van der Waals surface area contributed by atoms with Crippen LogP contribution in [0.4, 0.5) is 15.8 Å². The lowest BCUT2D eigenvalue weighted by Crippen LogP contribution is -2.34. The van der Waals surface area contributed by atoms with E-state index in [-0.39, 0.29) is 17.4 Å². The van der Waals surface area contributed by atoms with Crippen LogP contribution in [-0.2, 0) is 0 Å². The van der Waals surface area contributed by atoms with Crippen LogP contribution in [0.25, 0.3) is 22.1 Å². The van der Waals surface area contributed by atoms with Gasteiger partial charge in [0.15, 0.2) is 11.5 Å². The molecule has 10 heteroatoms. The number of hydrogen-bond acceptors (Lipinski definition) is 6. The Hall–Kier alpha value is -3.98. The van der Waals surface area contributed by atoms with Gasteiger partial charge in [-0.05, 0) is 48.9 Å². The Morgan fingerprint density at radius 3 is 2.76 bits per heavy atom. The van der Waals surface area contributed by atoms with Crippen LogP contribution in [0.15, 0.2) is 65.8 Å². The third-order valence-corrected chi connectivity index (χ3v) is 5.65. The molecular formula is C23H19ClFN7O. The van der Waals surface area contributed by atoms with E-state index >= 15 is 0 Å². The fraction of sp³-hybridized carbons (Fsp3) is 0.130. The molecule has 2 aromatic carbocycles. The van der Waals surface area contributed by atoms with Crippen LogP contribution in [0.5, 0.6) is 0 Å². The molecule has 33 heavy (non-hydrogen) atoms. The van der Waals surface area contributed by atoms with Crippen LogP contribution in [0.2, 0.25) is 5.02 Å². The SMILES string of the molecule is CC[C@H](Nc1ccnc2nc[nH]c12)c1nc2cccc(Cl)c2c(=O)n1Nc1ccc(F)cc1. The predicted octanol–water partition coefficient (Wildman–Crippen LogP) is 4.90. The van der Waals surface area contributed by atoms with E-state index in [1.807, 2.05) is 13.0 Å². The van der Waals surface area contributed by atoms with Crippen molar-refractivity contribution in [3.05, 3.63) is 88.1 Å². The Morgan fingerprint density at radius 2 is 1.97 bits per heavy atom. The maximum Gasteiger partial charge on any atom is 0.281 e. The zero-order chi connectivity index (χ0) is 22.9. The van der Waals surface area contributed by atoms with E-state index in [4.69, 9.17) is 16.6 Å². The van der Waals surface area contributed by atoms with Gasteiger partial charge in [-0.2, -0.15) is 0 Å². The number of pyridine rings is 1. The molecule has 0 aliphatic rings. The van der Waals surface area contributed by atoms with Gasteiger partial charge in [0, 0.05) is 6.20 Å². The lowest BCUT2D eigenvalue weighted by molar-refractivity contribution is 0.626. The second-order valence-electron chi connectivity index (χ2n) is 7.43. The van der Waals surface area contributed by atoms with E-state index in [0.29, 0.717) is 39.5 Å². The number of hydrogen-bond donors (Lipinski definition) is 3. The second kappa shape index (κ2) is 8.51. The van der Waals surface area contributed by atoms with Crippen LogP contribution in [0, 0.1) is 5.82 Å². The largest absolute Gasteiger partial charge is 0.373 e. The molecule has 3 heterocycles. The van der Waals surface area contributed by atoms with Crippen LogP contribution >= 0.6 is 11.6 Å². The average molecular weight is 464 g/mol. The highest BCUT2D eigenvalue weighted by Gasteiger charge is 2.21. The lowest BCUT2D eigenvalue weighted by Gasteiger charge is -2.23. The Bertz CT molecular complexity index is 1510. The number of benzene rings is 2. The molecular weight excluding hydrogens is 445 g/mol. The fourth-order valence-electron chi connectivity index (χ4n) is 3.71. The zero-order valence-electron chi connectivity index (χ0n) is 17.5. The lowest BCUT2D eigenvalue weighted by atomic mass is 10.1. The summed E-state index contributed by atoms with van der Waals surface area (Å²) in [6, 6.07) is 12.4. The number of imidazole rings is 1. The topological polar surface area (TPSA) is 101 Å². The summed E-state index contributed by atoms with van der Waals surface area (Å²) < 4.78 is 14.8. The van der Waals surface area contributed by atoms with Gasteiger partial charge in [0.05, 0.1) is 39.7 Å². The molecule has 0 saturated carbocycles. The summed E-state index contributed by atoms with van der Waals surface area (Å²) in [5.74, 6) is 0.0771. The summed E-state index contributed by atoms with van der Waals surface area (Å²) in [7, 11) is 0. The van der Waals surface area contributed by atoms with Crippen molar-refractivity contribution in [1.82, 2.24) is 24.6 Å². The number of aromatic nitrogens is 5. The smallest absolute Gasteiger partial charge is 0.281 e. The number of aromatic amines is 1. The van der Waals surface area contributed by atoms with Gasteiger partial charge in [-0.25, -0.2) is 24.0 Å². The number of fused-ring (bicyclic) bond motifs is 2. The molecule has 166 valence electrons. The third kappa shape index (κ3) is 3.87. The number of nitrogens with one attached hydrogen (secondary N) is 3. The summed E-state index contributed by atoms with van der Waals surface area (Å²) in [5.41, 5.74) is 5.83. The monoisotopic (exact) mass is 463 g/mol. The van der Waals surface area contributed by atoms with E-state index in [1.165, 1.54) is 16.8 Å². The number of rotatable bonds is 6. The van der Waals surface area contributed by atoms with Crippen molar-refractivity contribution >= 4 is 45.0 Å². The molecule has 0 amide bonds. The number of halogens is 2. The standard InChI is InChI=1S/C23H19ClFN7O/c1-2-16(29-18-10-11-26-21-20(18)27-12-28-21)22-30-17-5-3-4-15(24)19(17)23(33)32(22)31-14-8-6-13(25)7-9-14/h3-12,16,31H,2H2,1H3,(H2,26,27,28,29)/t16-/m0/s1. The molecule has 0 aliphatic heterocycles. The van der Waals surface area contributed by atoms with Crippen molar-refractivity contribution in [2.24, 2.45) is 0 Å². The maximum absolute atomic E-state index is 13.5. The first-order valence-electron chi connectivity index (χ1n) is 10.3. The van der Waals surface area contributed by atoms with Gasteiger partial charge >= 0.3 is 0 Å². The van der Waals surface area contributed by atoms with Crippen LogP contribution in [0.3, 0.4) is 0 Å². The molecule has 0 unspecified atom stereocenters. The Labute approximate surface area is 192 Å². The first kappa shape index (κ1) is 20.9. The second-order valence-corrected chi connectivity index (χ2v) is 7.84. The summed E-state index contributed by atoms with van der Waals surface area (Å²) in [4.78, 5) is 29.8. The average Bonchev–Trinajstić information content (AvgIpc) is 3.30. The minimum absolute atomic E-state index is 0.298. The molecule has 3 aromatic heterocycles. The summed E-state index contributed by atoms with van der Waals surface area (Å²) in [6.45, 7) is 1.99. The van der Waals surface area contributed by atoms with Crippen molar-refractivity contribution in [3.8, 4) is 0 Å². The van der Waals surface area contributed by atoms with E-state index in [9.17, 15) is 9.18 Å². The van der Waals surface area contributed by atoms with Crippen molar-refractivity contribution < 1.29 is 4.39 Å². The van der Waals surface area contributed by atoms with Gasteiger partial charge in [0.2, 0.25) is 0 Å². The molecule has 0 saturated heterocycles. The van der Waals surface area contributed by atoms with Crippen LogP contribution < -0.4 is 16.3 Å².